The number of rotatable bonds is 10. The Morgan fingerprint density at radius 2 is 1.97 bits per heavy atom. The summed E-state index contributed by atoms with van der Waals surface area (Å²) in [5.74, 6) is 1.72. The van der Waals surface area contributed by atoms with E-state index in [0.29, 0.717) is 17.6 Å². The Bertz CT molecular complexity index is 1090. The van der Waals surface area contributed by atoms with Crippen LogP contribution in [0.25, 0.3) is 0 Å². The minimum atomic E-state index is -3.76. The molecule has 0 saturated heterocycles. The maximum atomic E-state index is 12.2. The molecule has 12 heteroatoms. The molecular weight excluding hydrogens is 446 g/mol. The van der Waals surface area contributed by atoms with Crippen molar-refractivity contribution in [1.29, 1.82) is 0 Å². The third-order valence-electron chi connectivity index (χ3n) is 4.42. The van der Waals surface area contributed by atoms with Gasteiger partial charge in [0.05, 0.1) is 29.7 Å². The number of aromatic nitrogens is 2. The fourth-order valence-corrected chi connectivity index (χ4v) is 5.55. The average Bonchev–Trinajstić information content (AvgIpc) is 3.41. The molecule has 0 aromatic carbocycles. The summed E-state index contributed by atoms with van der Waals surface area (Å²) in [4.78, 5) is 0. The number of hydrogen-bond donors (Lipinski definition) is 4. The first-order valence-corrected chi connectivity index (χ1v) is 12.6. The SMILES string of the molecule is CCNS(=O)(=O)c1scc(Nc2nsnc2N[C@H](CC)c2cc(C(C)C)co2)c1O. The summed E-state index contributed by atoms with van der Waals surface area (Å²) in [7, 11) is -3.76. The van der Waals surface area contributed by atoms with Crippen molar-refractivity contribution in [2.45, 2.75) is 50.3 Å². The lowest BCUT2D eigenvalue weighted by atomic mass is 10.1. The molecule has 3 rings (SSSR count). The predicted octanol–water partition coefficient (Wildman–Crippen LogP) is 4.63. The number of hydrogen-bond acceptors (Lipinski definition) is 10. The minimum absolute atomic E-state index is 0.109. The van der Waals surface area contributed by atoms with Crippen molar-refractivity contribution in [3.8, 4) is 5.75 Å². The number of nitrogens with zero attached hydrogens (tertiary/aromatic N) is 2. The monoisotopic (exact) mass is 471 g/mol. The third kappa shape index (κ3) is 4.77. The Hall–Kier alpha value is -2.15. The van der Waals surface area contributed by atoms with Crippen LogP contribution in [0.2, 0.25) is 0 Å². The van der Waals surface area contributed by atoms with Gasteiger partial charge in [-0.25, -0.2) is 13.1 Å². The van der Waals surface area contributed by atoms with Gasteiger partial charge in [-0.2, -0.15) is 8.75 Å². The highest BCUT2D eigenvalue weighted by atomic mass is 32.2. The molecule has 3 aromatic heterocycles. The Morgan fingerprint density at radius 3 is 2.60 bits per heavy atom. The normalized spacial score (nSPS) is 13.0. The Morgan fingerprint density at radius 1 is 1.23 bits per heavy atom. The molecule has 0 aliphatic heterocycles. The molecule has 0 radical (unpaired) electrons. The lowest BCUT2D eigenvalue weighted by molar-refractivity contribution is 0.465. The average molecular weight is 472 g/mol. The van der Waals surface area contributed by atoms with Gasteiger partial charge >= 0.3 is 0 Å². The van der Waals surface area contributed by atoms with Gasteiger partial charge in [0.15, 0.2) is 21.6 Å². The lowest BCUT2D eigenvalue weighted by Gasteiger charge is -2.15. The van der Waals surface area contributed by atoms with Gasteiger partial charge in [0, 0.05) is 11.9 Å². The number of furan rings is 1. The summed E-state index contributed by atoms with van der Waals surface area (Å²) in [6, 6.07) is 1.92. The van der Waals surface area contributed by atoms with Crippen LogP contribution in [0, 0.1) is 0 Å². The van der Waals surface area contributed by atoms with Crippen LogP contribution in [0.15, 0.2) is 26.3 Å². The first-order chi connectivity index (χ1) is 14.3. The summed E-state index contributed by atoms with van der Waals surface area (Å²) in [6.45, 7) is 8.15. The fourth-order valence-electron chi connectivity index (χ4n) is 2.75. The van der Waals surface area contributed by atoms with Crippen LogP contribution < -0.4 is 15.4 Å². The third-order valence-corrected chi connectivity index (χ3v) is 8.01. The molecule has 3 heterocycles. The van der Waals surface area contributed by atoms with Crippen molar-refractivity contribution in [3.05, 3.63) is 29.0 Å². The molecule has 0 spiro atoms. The van der Waals surface area contributed by atoms with E-state index in [4.69, 9.17) is 4.42 Å². The summed E-state index contributed by atoms with van der Waals surface area (Å²) >= 11 is 1.93. The molecule has 9 nitrogen and oxygen atoms in total. The number of aromatic hydroxyl groups is 1. The zero-order valence-electron chi connectivity index (χ0n) is 17.1. The van der Waals surface area contributed by atoms with Gasteiger partial charge in [-0.3, -0.25) is 0 Å². The van der Waals surface area contributed by atoms with Crippen molar-refractivity contribution < 1.29 is 17.9 Å². The van der Waals surface area contributed by atoms with Gasteiger partial charge in [0.2, 0.25) is 0 Å². The largest absolute Gasteiger partial charge is 0.504 e. The highest BCUT2D eigenvalue weighted by Crippen LogP contribution is 2.40. The number of sulfonamides is 1. The summed E-state index contributed by atoms with van der Waals surface area (Å²) in [5, 5.41) is 18.2. The molecule has 30 heavy (non-hydrogen) atoms. The fraction of sp³-hybridized carbons (Fsp3) is 0.444. The molecule has 4 N–H and O–H groups in total. The summed E-state index contributed by atoms with van der Waals surface area (Å²) < 4.78 is 40.9. The van der Waals surface area contributed by atoms with Gasteiger partial charge in [0.25, 0.3) is 10.0 Å². The Labute approximate surface area is 183 Å². The van der Waals surface area contributed by atoms with Crippen LogP contribution in [0.5, 0.6) is 5.75 Å². The highest BCUT2D eigenvalue weighted by Gasteiger charge is 2.24. The maximum Gasteiger partial charge on any atom is 0.253 e. The topological polar surface area (TPSA) is 129 Å². The first-order valence-electron chi connectivity index (χ1n) is 9.51. The molecule has 0 unspecified atom stereocenters. The van der Waals surface area contributed by atoms with E-state index in [1.54, 1.807) is 13.2 Å². The second-order valence-corrected chi connectivity index (χ2v) is 10.3. The summed E-state index contributed by atoms with van der Waals surface area (Å²) in [5.41, 5.74) is 1.37. The van der Waals surface area contributed by atoms with Gasteiger partial charge in [-0.15, -0.1) is 11.3 Å². The van der Waals surface area contributed by atoms with Crippen molar-refractivity contribution in [1.82, 2.24) is 13.5 Å². The van der Waals surface area contributed by atoms with E-state index in [-0.39, 0.29) is 28.2 Å². The van der Waals surface area contributed by atoms with Crippen molar-refractivity contribution >= 4 is 50.4 Å². The molecule has 0 aliphatic rings. The van der Waals surface area contributed by atoms with E-state index in [2.05, 4.69) is 38.0 Å². The molecule has 0 amide bonds. The number of anilines is 3. The van der Waals surface area contributed by atoms with Crippen LogP contribution in [0.1, 0.15) is 57.4 Å². The van der Waals surface area contributed by atoms with E-state index in [9.17, 15) is 13.5 Å². The Balaban J connectivity index is 1.79. The number of thiophene rings is 1. The molecule has 0 bridgehead atoms. The second-order valence-electron chi connectivity index (χ2n) is 6.92. The van der Waals surface area contributed by atoms with Crippen LogP contribution in [-0.2, 0) is 10.0 Å². The molecule has 1 atom stereocenters. The van der Waals surface area contributed by atoms with Crippen LogP contribution in [0.3, 0.4) is 0 Å². The molecule has 0 aliphatic carbocycles. The van der Waals surface area contributed by atoms with E-state index in [0.717, 1.165) is 40.8 Å². The van der Waals surface area contributed by atoms with Crippen LogP contribution >= 0.6 is 23.1 Å². The first kappa shape index (κ1) is 22.5. The van der Waals surface area contributed by atoms with Crippen LogP contribution in [-0.4, -0.2) is 28.8 Å². The zero-order valence-corrected chi connectivity index (χ0v) is 19.5. The minimum Gasteiger partial charge on any atom is -0.504 e. The molecular formula is C18H25N5O4S3. The smallest absolute Gasteiger partial charge is 0.253 e. The zero-order chi connectivity index (χ0) is 21.9. The van der Waals surface area contributed by atoms with Crippen LogP contribution in [0.4, 0.5) is 17.3 Å². The van der Waals surface area contributed by atoms with Crippen molar-refractivity contribution in [2.24, 2.45) is 0 Å². The maximum absolute atomic E-state index is 12.2. The molecule has 0 fully saturated rings. The Kier molecular flexibility index (Phi) is 7.01. The van der Waals surface area contributed by atoms with E-state index in [1.807, 2.05) is 13.0 Å². The van der Waals surface area contributed by atoms with E-state index >= 15 is 0 Å². The number of nitrogens with one attached hydrogen (secondary N) is 3. The van der Waals surface area contributed by atoms with Gasteiger partial charge in [-0.05, 0) is 24.0 Å². The van der Waals surface area contributed by atoms with E-state index in [1.165, 1.54) is 5.38 Å². The van der Waals surface area contributed by atoms with Crippen molar-refractivity contribution in [2.75, 3.05) is 17.2 Å². The standard InChI is InChI=1S/C18H25N5O4S3/c1-5-12(14-7-11(8-27-14)10(3)4)20-16-17(23-29-22-16)21-13-9-28-18(15(13)24)30(25,26)19-6-2/h7-10,12,19,24H,5-6H2,1-4H3,(H,20,22)(H,21,23)/t12-/m1/s1. The lowest BCUT2D eigenvalue weighted by Crippen LogP contribution is -2.22. The quantitative estimate of drug-likeness (QED) is 0.337. The van der Waals surface area contributed by atoms with Gasteiger partial charge < -0.3 is 20.2 Å². The second kappa shape index (κ2) is 9.33. The van der Waals surface area contributed by atoms with Crippen molar-refractivity contribution in [3.63, 3.8) is 0 Å². The molecule has 0 saturated carbocycles. The highest BCUT2D eigenvalue weighted by molar-refractivity contribution is 7.91. The molecule has 164 valence electrons. The summed E-state index contributed by atoms with van der Waals surface area (Å²) in [6.07, 6.45) is 2.52. The van der Waals surface area contributed by atoms with Gasteiger partial charge in [0.1, 0.15) is 5.76 Å². The predicted molar refractivity (Wildman–Crippen MR) is 119 cm³/mol. The molecule has 3 aromatic rings. The van der Waals surface area contributed by atoms with Gasteiger partial charge in [-0.1, -0.05) is 27.7 Å². The van der Waals surface area contributed by atoms with E-state index < -0.39 is 10.0 Å².